The highest BCUT2D eigenvalue weighted by Crippen LogP contribution is 2.46. The summed E-state index contributed by atoms with van der Waals surface area (Å²) in [6.07, 6.45) is 1.12. The van der Waals surface area contributed by atoms with Crippen molar-refractivity contribution < 1.29 is 47.3 Å². The lowest BCUT2D eigenvalue weighted by Crippen LogP contribution is -2.48. The first-order chi connectivity index (χ1) is 37.3. The molecule has 7 aromatic rings. The van der Waals surface area contributed by atoms with Crippen molar-refractivity contribution in [2.45, 2.75) is 109 Å². The van der Waals surface area contributed by atoms with Crippen molar-refractivity contribution in [3.8, 4) is 33.6 Å². The molecule has 2 unspecified atom stereocenters. The molecule has 0 saturated carbocycles. The van der Waals surface area contributed by atoms with E-state index < -0.39 is 78.8 Å². The number of hydrogen-bond donors (Lipinski definition) is 2. The first-order valence-corrected chi connectivity index (χ1v) is 26.7. The molecular weight excluding hydrogens is 977 g/mol. The first-order valence-electron chi connectivity index (χ1n) is 26.7. The molecule has 2 aromatic heterocycles. The number of aryl methyl sites for hydroxylation is 1. The number of esters is 2. The molecule has 5 atom stereocenters. The van der Waals surface area contributed by atoms with Crippen LogP contribution >= 0.6 is 0 Å². The Morgan fingerprint density at radius 2 is 1.16 bits per heavy atom. The van der Waals surface area contributed by atoms with Crippen molar-refractivity contribution in [1.29, 1.82) is 0 Å². The third-order valence-corrected chi connectivity index (χ3v) is 15.0. The number of carbonyl (C=O) groups is 4. The number of alkyl carbamates (subject to hydrolysis) is 2. The van der Waals surface area contributed by atoms with E-state index in [1.165, 1.54) is 10.1 Å². The molecule has 0 radical (unpaired) electrons. The molecular formula is C62H64N4O11. The number of rotatable bonds is 19. The van der Waals surface area contributed by atoms with Gasteiger partial charge in [-0.1, -0.05) is 169 Å². The maximum absolute atomic E-state index is 14.3. The van der Waals surface area contributed by atoms with Gasteiger partial charge in [-0.2, -0.15) is 4.98 Å². The zero-order chi connectivity index (χ0) is 53.7. The van der Waals surface area contributed by atoms with Crippen molar-refractivity contribution in [3.63, 3.8) is 0 Å². The highest BCUT2D eigenvalue weighted by Gasteiger charge is 2.43. The number of aromatic nitrogens is 2. The number of fused-ring (bicyclic) bond motifs is 7. The molecule has 3 aliphatic rings. The molecule has 5 aromatic carbocycles. The summed E-state index contributed by atoms with van der Waals surface area (Å²) in [6, 6.07) is 39.6. The molecule has 1 saturated heterocycles. The fraction of sp³-hybridized carbons (Fsp3) is 0.355. The van der Waals surface area contributed by atoms with Gasteiger partial charge in [0, 0.05) is 30.0 Å². The van der Waals surface area contributed by atoms with E-state index in [2.05, 4.69) is 34.7 Å². The third-order valence-electron chi connectivity index (χ3n) is 15.0. The Hall–Kier alpha value is -8.04. The van der Waals surface area contributed by atoms with E-state index >= 15 is 0 Å². The smallest absolute Gasteiger partial charge is 0.407 e. The predicted octanol–water partition coefficient (Wildman–Crippen LogP) is 11.3. The van der Waals surface area contributed by atoms with Crippen molar-refractivity contribution in [1.82, 2.24) is 20.2 Å². The molecule has 15 heteroatoms. The van der Waals surface area contributed by atoms with Crippen LogP contribution in [-0.2, 0) is 39.7 Å². The molecule has 3 heterocycles. The zero-order valence-corrected chi connectivity index (χ0v) is 43.9. The molecule has 0 bridgehead atoms. The number of nitrogens with zero attached hydrogens (tertiary/aromatic N) is 2. The maximum Gasteiger partial charge on any atom is 0.407 e. The lowest BCUT2D eigenvalue weighted by atomic mass is 9.98. The Bertz CT molecular complexity index is 3250. The first kappa shape index (κ1) is 52.4. The zero-order valence-electron chi connectivity index (χ0n) is 43.9. The molecule has 77 heavy (non-hydrogen) atoms. The van der Waals surface area contributed by atoms with E-state index in [1.54, 1.807) is 40.0 Å². The van der Waals surface area contributed by atoms with Crippen LogP contribution in [0.15, 0.2) is 143 Å². The number of ether oxygens (including phenoxy) is 5. The lowest BCUT2D eigenvalue weighted by molar-refractivity contribution is -0.162. The fourth-order valence-electron chi connectivity index (χ4n) is 10.8. The number of unbranched alkanes of at least 4 members (excludes halogenated alkanes) is 2. The van der Waals surface area contributed by atoms with Gasteiger partial charge in [0.1, 0.15) is 56.1 Å². The average molecular weight is 1040 g/mol. The Morgan fingerprint density at radius 1 is 0.649 bits per heavy atom. The van der Waals surface area contributed by atoms with Crippen molar-refractivity contribution >= 4 is 35.2 Å². The van der Waals surface area contributed by atoms with Gasteiger partial charge in [-0.25, -0.2) is 24.0 Å². The van der Waals surface area contributed by atoms with Gasteiger partial charge < -0.3 is 38.7 Å². The summed E-state index contributed by atoms with van der Waals surface area (Å²) in [4.78, 5) is 73.2. The molecule has 2 aliphatic carbocycles. The number of hydrogen-bond acceptors (Lipinski definition) is 12. The van der Waals surface area contributed by atoms with Gasteiger partial charge >= 0.3 is 29.8 Å². The van der Waals surface area contributed by atoms with Crippen molar-refractivity contribution in [2.75, 3.05) is 19.8 Å². The Balaban J connectivity index is 0.835. The fourth-order valence-corrected chi connectivity index (χ4v) is 10.8. The van der Waals surface area contributed by atoms with Crippen LogP contribution in [0.4, 0.5) is 9.59 Å². The molecule has 15 nitrogen and oxygen atoms in total. The molecule has 1 aliphatic heterocycles. The molecule has 2 amide bonds. The summed E-state index contributed by atoms with van der Waals surface area (Å²) in [7, 11) is 0. The van der Waals surface area contributed by atoms with Crippen molar-refractivity contribution in [3.05, 3.63) is 172 Å². The molecule has 1 fully saturated rings. The van der Waals surface area contributed by atoms with Gasteiger partial charge in [-0.3, -0.25) is 4.57 Å². The highest BCUT2D eigenvalue weighted by atomic mass is 16.6. The monoisotopic (exact) mass is 1040 g/mol. The largest absolute Gasteiger partial charge is 0.461 e. The SMILES string of the molecule is CCCCCc1ccc(-c2cc3cn([C@H]4C[C@@H](OC(=O)C(NC(=O)OCC5c6ccccc6-c6ccccc65)C(C)C)[C@@H](COC(=O)C(NC(=O)OCC5c6ccccc6-c6ccccc65)C(C)C)O4)c(=O)nc3o2)cc1. The lowest BCUT2D eigenvalue weighted by Gasteiger charge is -2.26. The van der Waals surface area contributed by atoms with Gasteiger partial charge in [-0.05, 0) is 80.8 Å². The van der Waals surface area contributed by atoms with Crippen LogP contribution in [0.5, 0.6) is 0 Å². The van der Waals surface area contributed by atoms with Crippen molar-refractivity contribution in [2.24, 2.45) is 11.8 Å². The molecule has 398 valence electrons. The van der Waals surface area contributed by atoms with Gasteiger partial charge in [-0.15, -0.1) is 0 Å². The summed E-state index contributed by atoms with van der Waals surface area (Å²) < 4.78 is 37.4. The van der Waals surface area contributed by atoms with Gasteiger partial charge in [0.05, 0.1) is 5.39 Å². The number of benzene rings is 5. The van der Waals surface area contributed by atoms with Crippen LogP contribution in [0, 0.1) is 11.8 Å². The summed E-state index contributed by atoms with van der Waals surface area (Å²) >= 11 is 0. The topological polar surface area (TPSA) is 187 Å². The quantitative estimate of drug-likeness (QED) is 0.0444. The highest BCUT2D eigenvalue weighted by molar-refractivity contribution is 5.84. The van der Waals surface area contributed by atoms with Gasteiger partial charge in [0.2, 0.25) is 5.71 Å². The van der Waals surface area contributed by atoms with Crippen LogP contribution in [-0.4, -0.2) is 77.8 Å². The summed E-state index contributed by atoms with van der Waals surface area (Å²) in [5.41, 5.74) is 10.0. The molecule has 10 rings (SSSR count). The van der Waals surface area contributed by atoms with E-state index in [0.717, 1.165) is 75.8 Å². The van der Waals surface area contributed by atoms with Gasteiger partial charge in [0.25, 0.3) is 0 Å². The van der Waals surface area contributed by atoms with E-state index in [4.69, 9.17) is 28.1 Å². The van der Waals surface area contributed by atoms with Crippen LogP contribution < -0.4 is 16.3 Å². The van der Waals surface area contributed by atoms with Crippen LogP contribution in [0.3, 0.4) is 0 Å². The Kier molecular flexibility index (Phi) is 15.7. The number of furan rings is 1. The predicted molar refractivity (Wildman–Crippen MR) is 290 cm³/mol. The second kappa shape index (κ2) is 23.1. The Morgan fingerprint density at radius 3 is 1.66 bits per heavy atom. The minimum atomic E-state index is -1.16. The van der Waals surface area contributed by atoms with Crippen LogP contribution in [0.25, 0.3) is 44.7 Å². The van der Waals surface area contributed by atoms with E-state index in [9.17, 15) is 24.0 Å². The summed E-state index contributed by atoms with van der Waals surface area (Å²) in [6.45, 7) is 8.89. The Labute approximate surface area is 447 Å². The summed E-state index contributed by atoms with van der Waals surface area (Å²) in [5.74, 6) is -2.29. The maximum atomic E-state index is 14.3. The van der Waals surface area contributed by atoms with Gasteiger partial charge in [0.15, 0.2) is 0 Å². The van der Waals surface area contributed by atoms with E-state index in [-0.39, 0.29) is 37.2 Å². The second-order valence-electron chi connectivity index (χ2n) is 20.8. The average Bonchev–Trinajstić information content (AvgIpc) is 4.30. The normalized spacial score (nSPS) is 17.3. The van der Waals surface area contributed by atoms with E-state index in [0.29, 0.717) is 11.1 Å². The second-order valence-corrected chi connectivity index (χ2v) is 20.8. The number of amides is 2. The minimum absolute atomic E-state index is 0.0372. The minimum Gasteiger partial charge on any atom is -0.461 e. The number of nitrogens with one attached hydrogen (secondary N) is 2. The molecule has 0 spiro atoms. The van der Waals surface area contributed by atoms with Crippen LogP contribution in [0.1, 0.15) is 106 Å². The van der Waals surface area contributed by atoms with Crippen LogP contribution in [0.2, 0.25) is 0 Å². The standard InChI is InChI=1S/C62H64N4O11/c1-6-7-8-17-38-26-28-39(29-27-38)51-30-40-32-66(60(69)65-57(40)76-51)54-31-52(77-59(68)56(37(4)5)64-62(71)74-34-50-47-24-15-11-20-43(47)44-21-12-16-25-48(44)50)53(75-54)35-72-58(67)55(36(2)3)63-61(70)73-33-49-45-22-13-9-18-41(45)42-19-10-14-23-46(42)49/h9-16,18-30,32,36-37,49-50,52-56H,6-8,17,31,33-35H2,1-5H3,(H,63,70)(H,64,71)/t52-,53-,54-,55?,56?/m1/s1. The number of carbonyl (C=O) groups excluding carboxylic acids is 4. The summed E-state index contributed by atoms with van der Waals surface area (Å²) in [5, 5.41) is 5.96. The molecule has 2 N–H and O–H groups in total. The third kappa shape index (κ3) is 11.3. The van der Waals surface area contributed by atoms with E-state index in [1.807, 2.05) is 109 Å².